The molecule has 0 fully saturated rings. The van der Waals surface area contributed by atoms with E-state index in [0.717, 1.165) is 28.8 Å². The van der Waals surface area contributed by atoms with E-state index in [9.17, 15) is 13.2 Å². The number of carbonyl (C=O) groups excluding carboxylic acids is 1. The van der Waals surface area contributed by atoms with Gasteiger partial charge in [0.15, 0.2) is 21.5 Å². The van der Waals surface area contributed by atoms with Crippen LogP contribution in [-0.4, -0.2) is 42.4 Å². The first-order valence-corrected chi connectivity index (χ1v) is 11.3. The van der Waals surface area contributed by atoms with Gasteiger partial charge in [0.2, 0.25) is 5.91 Å². The summed E-state index contributed by atoms with van der Waals surface area (Å²) in [4.78, 5) is 18.8. The number of aromatic nitrogens is 3. The summed E-state index contributed by atoms with van der Waals surface area (Å²) in [6, 6.07) is 15.2. The molecule has 29 heavy (non-hydrogen) atoms. The van der Waals surface area contributed by atoms with Crippen molar-refractivity contribution in [2.45, 2.75) is 25.0 Å². The molecule has 150 valence electrons. The second kappa shape index (κ2) is 6.52. The number of anilines is 1. The second-order valence-electron chi connectivity index (χ2n) is 7.89. The van der Waals surface area contributed by atoms with E-state index in [1.807, 2.05) is 62.4 Å². The van der Waals surface area contributed by atoms with Crippen molar-refractivity contribution in [3.05, 3.63) is 59.9 Å². The molecule has 0 spiro atoms. The molecule has 0 N–H and O–H groups in total. The maximum absolute atomic E-state index is 12.6. The summed E-state index contributed by atoms with van der Waals surface area (Å²) in [5.74, 6) is 0.569. The van der Waals surface area contributed by atoms with Gasteiger partial charge in [-0.1, -0.05) is 18.2 Å². The van der Waals surface area contributed by atoms with Gasteiger partial charge in [-0.2, -0.15) is 0 Å². The summed E-state index contributed by atoms with van der Waals surface area (Å²) in [5, 5.41) is 4.45. The number of fused-ring (bicyclic) bond motifs is 1. The largest absolute Gasteiger partial charge is 0.314 e. The zero-order valence-electron chi connectivity index (χ0n) is 16.7. The Morgan fingerprint density at radius 1 is 1.07 bits per heavy atom. The van der Waals surface area contributed by atoms with Gasteiger partial charge in [0, 0.05) is 24.6 Å². The summed E-state index contributed by atoms with van der Waals surface area (Å²) in [7, 11) is -1.51. The van der Waals surface area contributed by atoms with Crippen LogP contribution in [0.15, 0.2) is 48.5 Å². The molecule has 8 heteroatoms. The average Bonchev–Trinajstić information content (AvgIpc) is 3.15. The molecule has 0 atom stereocenters. The Morgan fingerprint density at radius 2 is 1.76 bits per heavy atom. The molecule has 3 aromatic rings. The Balaban J connectivity index is 1.89. The highest BCUT2D eigenvalue weighted by atomic mass is 32.2. The Bertz CT molecular complexity index is 1210. The number of carbonyl (C=O) groups is 1. The fourth-order valence-corrected chi connectivity index (χ4v) is 4.29. The van der Waals surface area contributed by atoms with Gasteiger partial charge < -0.3 is 4.90 Å². The number of benzene rings is 2. The van der Waals surface area contributed by atoms with Crippen LogP contribution in [0.2, 0.25) is 0 Å². The van der Waals surface area contributed by atoms with Crippen LogP contribution < -0.4 is 4.90 Å². The molecule has 1 aromatic heterocycles. The van der Waals surface area contributed by atoms with Gasteiger partial charge in [-0.3, -0.25) is 4.79 Å². The molecular formula is C21H22N4O3S. The molecule has 1 amide bonds. The topological polar surface area (TPSA) is 85.2 Å². The Labute approximate surface area is 169 Å². The molecule has 0 bridgehead atoms. The first-order valence-electron chi connectivity index (χ1n) is 9.20. The van der Waals surface area contributed by atoms with Crippen molar-refractivity contribution < 1.29 is 13.2 Å². The van der Waals surface area contributed by atoms with Crippen LogP contribution in [0.5, 0.6) is 0 Å². The first-order chi connectivity index (χ1) is 13.6. The van der Waals surface area contributed by atoms with Crippen molar-refractivity contribution in [1.29, 1.82) is 0 Å². The average molecular weight is 410 g/mol. The number of rotatable bonds is 4. The van der Waals surface area contributed by atoms with E-state index in [-0.39, 0.29) is 17.5 Å². The Hall–Kier alpha value is -3.00. The molecule has 2 aromatic carbocycles. The normalized spacial score (nSPS) is 15.6. The summed E-state index contributed by atoms with van der Waals surface area (Å²) < 4.78 is 25.2. The van der Waals surface area contributed by atoms with E-state index in [4.69, 9.17) is 0 Å². The van der Waals surface area contributed by atoms with Crippen LogP contribution >= 0.6 is 0 Å². The first kappa shape index (κ1) is 19.3. The molecule has 0 unspecified atom stereocenters. The fourth-order valence-electron chi connectivity index (χ4n) is 3.70. The van der Waals surface area contributed by atoms with E-state index in [0.29, 0.717) is 5.82 Å². The third kappa shape index (κ3) is 3.33. The van der Waals surface area contributed by atoms with Crippen molar-refractivity contribution in [2.24, 2.45) is 0 Å². The zero-order chi connectivity index (χ0) is 21.0. The second-order valence-corrected chi connectivity index (χ2v) is 10.0. The summed E-state index contributed by atoms with van der Waals surface area (Å²) >= 11 is 0. The lowest BCUT2D eigenvalue weighted by Gasteiger charge is -2.16. The van der Waals surface area contributed by atoms with Crippen LogP contribution in [-0.2, 0) is 25.8 Å². The predicted molar refractivity (Wildman–Crippen MR) is 112 cm³/mol. The molecule has 0 saturated heterocycles. The van der Waals surface area contributed by atoms with Crippen molar-refractivity contribution >= 4 is 21.4 Å². The lowest BCUT2D eigenvalue weighted by molar-refractivity contribution is -0.121. The van der Waals surface area contributed by atoms with Crippen molar-refractivity contribution in [2.75, 3.05) is 18.2 Å². The van der Waals surface area contributed by atoms with Crippen molar-refractivity contribution in [1.82, 2.24) is 14.8 Å². The SMILES string of the molecule is CN1C(=O)C(C)(C)c2cc(-c3nc(CS(C)(=O)=O)nn3-c3ccccc3)ccc21. The van der Waals surface area contributed by atoms with Gasteiger partial charge in [-0.05, 0) is 49.7 Å². The maximum Gasteiger partial charge on any atom is 0.236 e. The molecule has 7 nitrogen and oxygen atoms in total. The summed E-state index contributed by atoms with van der Waals surface area (Å²) in [6.07, 6.45) is 1.16. The summed E-state index contributed by atoms with van der Waals surface area (Å²) in [5.41, 5.74) is 2.69. The van der Waals surface area contributed by atoms with E-state index >= 15 is 0 Å². The van der Waals surface area contributed by atoms with Gasteiger partial charge >= 0.3 is 0 Å². The fraction of sp³-hybridized carbons (Fsp3) is 0.286. The molecule has 0 radical (unpaired) electrons. The molecular weight excluding hydrogens is 388 g/mol. The van der Waals surface area contributed by atoms with Crippen LogP contribution in [0, 0.1) is 0 Å². The standard InChI is InChI=1S/C21H22N4O3S/c1-21(2)16-12-14(10-11-17(16)24(3)20(21)26)19-22-18(13-29(4,27)28)23-25(19)15-8-6-5-7-9-15/h5-12H,13H2,1-4H3. The Morgan fingerprint density at radius 3 is 2.41 bits per heavy atom. The highest BCUT2D eigenvalue weighted by Gasteiger charge is 2.42. The van der Waals surface area contributed by atoms with E-state index < -0.39 is 15.3 Å². The molecule has 0 saturated carbocycles. The van der Waals surface area contributed by atoms with Gasteiger partial charge in [-0.15, -0.1) is 5.10 Å². The third-order valence-electron chi connectivity index (χ3n) is 5.17. The van der Waals surface area contributed by atoms with E-state index in [2.05, 4.69) is 10.1 Å². The van der Waals surface area contributed by atoms with Crippen molar-refractivity contribution in [3.63, 3.8) is 0 Å². The lowest BCUT2D eigenvalue weighted by Crippen LogP contribution is -2.33. The number of nitrogens with zero attached hydrogens (tertiary/aromatic N) is 4. The minimum atomic E-state index is -3.28. The number of para-hydroxylation sites is 1. The molecule has 0 aliphatic carbocycles. The highest BCUT2D eigenvalue weighted by molar-refractivity contribution is 7.89. The molecule has 1 aliphatic rings. The maximum atomic E-state index is 12.6. The zero-order valence-corrected chi connectivity index (χ0v) is 17.6. The number of hydrogen-bond donors (Lipinski definition) is 0. The van der Waals surface area contributed by atoms with Gasteiger partial charge in [0.25, 0.3) is 0 Å². The van der Waals surface area contributed by atoms with Gasteiger partial charge in [-0.25, -0.2) is 18.1 Å². The summed E-state index contributed by atoms with van der Waals surface area (Å²) in [6.45, 7) is 3.80. The minimum Gasteiger partial charge on any atom is -0.314 e. The number of hydrogen-bond acceptors (Lipinski definition) is 5. The predicted octanol–water partition coefficient (Wildman–Crippen LogP) is 2.73. The highest BCUT2D eigenvalue weighted by Crippen LogP contribution is 2.42. The lowest BCUT2D eigenvalue weighted by atomic mass is 9.85. The van der Waals surface area contributed by atoms with Crippen LogP contribution in [0.4, 0.5) is 5.69 Å². The van der Waals surface area contributed by atoms with Crippen LogP contribution in [0.25, 0.3) is 17.1 Å². The quantitative estimate of drug-likeness (QED) is 0.660. The number of likely N-dealkylation sites (N-methyl/N-ethyl adjacent to an activating group) is 1. The number of sulfone groups is 1. The van der Waals surface area contributed by atoms with Gasteiger partial charge in [0.1, 0.15) is 5.75 Å². The molecule has 2 heterocycles. The van der Waals surface area contributed by atoms with Crippen LogP contribution in [0.1, 0.15) is 25.2 Å². The molecule has 1 aliphatic heterocycles. The Kier molecular flexibility index (Phi) is 4.34. The molecule has 4 rings (SSSR count). The van der Waals surface area contributed by atoms with Crippen molar-refractivity contribution in [3.8, 4) is 17.1 Å². The third-order valence-corrected chi connectivity index (χ3v) is 5.95. The number of amides is 1. The monoisotopic (exact) mass is 410 g/mol. The minimum absolute atomic E-state index is 0.0342. The van der Waals surface area contributed by atoms with E-state index in [1.54, 1.807) is 16.6 Å². The van der Waals surface area contributed by atoms with E-state index in [1.165, 1.54) is 0 Å². The van der Waals surface area contributed by atoms with Gasteiger partial charge in [0.05, 0.1) is 11.1 Å². The smallest absolute Gasteiger partial charge is 0.236 e. The van der Waals surface area contributed by atoms with Crippen LogP contribution in [0.3, 0.4) is 0 Å².